The quantitative estimate of drug-likeness (QED) is 0.517. The zero-order valence-electron chi connectivity index (χ0n) is 21.8. The van der Waals surface area contributed by atoms with Crippen LogP contribution in [0.25, 0.3) is 10.9 Å². The van der Waals surface area contributed by atoms with Crippen molar-refractivity contribution in [1.82, 2.24) is 20.0 Å². The van der Waals surface area contributed by atoms with Crippen molar-refractivity contribution < 1.29 is 32.7 Å². The molecule has 3 aromatic rings. The molecule has 4 heterocycles. The van der Waals surface area contributed by atoms with Gasteiger partial charge < -0.3 is 19.8 Å². The van der Waals surface area contributed by atoms with Gasteiger partial charge in [0.25, 0.3) is 5.91 Å². The molecule has 0 radical (unpaired) electrons. The number of amides is 3. The van der Waals surface area contributed by atoms with E-state index in [4.69, 9.17) is 0 Å². The van der Waals surface area contributed by atoms with Gasteiger partial charge in [-0.3, -0.25) is 19.5 Å². The number of carbonyl (C=O) groups excluding carboxylic acids is 3. The molecule has 3 aliphatic heterocycles. The molecular weight excluding hydrogens is 527 g/mol. The van der Waals surface area contributed by atoms with Crippen molar-refractivity contribution >= 4 is 34.3 Å². The molecule has 6 rings (SSSR count). The van der Waals surface area contributed by atoms with Crippen molar-refractivity contribution in [3.8, 4) is 0 Å². The lowest BCUT2D eigenvalue weighted by atomic mass is 9.72. The number of piperidine rings is 1. The van der Waals surface area contributed by atoms with Gasteiger partial charge in [0.2, 0.25) is 11.8 Å². The van der Waals surface area contributed by atoms with E-state index < -0.39 is 42.6 Å². The number of hydrogen-bond acceptors (Lipinski definition) is 5. The Balaban J connectivity index is 1.21. The summed E-state index contributed by atoms with van der Waals surface area (Å²) in [5, 5.41) is 17.7. The number of nitrogens with one attached hydrogen (secondary N) is 1. The highest BCUT2D eigenvalue weighted by Crippen LogP contribution is 2.49. The second-order valence-electron chi connectivity index (χ2n) is 11.0. The third kappa shape index (κ3) is 3.95. The zero-order chi connectivity index (χ0) is 28.4. The lowest BCUT2D eigenvalue weighted by molar-refractivity contribution is -0.253. The molecule has 2 saturated heterocycles. The molecule has 3 aliphatic rings. The highest BCUT2D eigenvalue weighted by molar-refractivity contribution is 6.11. The molecule has 1 aromatic heterocycles. The third-order valence-corrected chi connectivity index (χ3v) is 8.69. The molecule has 0 aliphatic carbocycles. The fraction of sp³-hybridized carbons (Fsp3) is 0.429. The van der Waals surface area contributed by atoms with Crippen LogP contribution in [-0.4, -0.2) is 87.3 Å². The van der Waals surface area contributed by atoms with Crippen molar-refractivity contribution in [2.24, 2.45) is 0 Å². The second kappa shape index (κ2) is 9.05. The standard InChI is InChI=1S/C28H28F3N5O4/c1-17-3-2-4-21-23(17)26(25(39)36(21)15-22(37)35-12-9-27(40,16-35)28(29,30)31)7-10-34(11-8-26)24(38)18-5-6-20-19(13-18)14-32-33-20/h2-6,13-14,40H,7-12,15-16H2,1H3,(H,32,33). The summed E-state index contributed by atoms with van der Waals surface area (Å²) < 4.78 is 39.9. The van der Waals surface area contributed by atoms with Crippen LogP contribution in [0.2, 0.25) is 0 Å². The molecule has 1 unspecified atom stereocenters. The number of halogens is 3. The molecule has 210 valence electrons. The van der Waals surface area contributed by atoms with E-state index in [-0.39, 0.29) is 18.4 Å². The summed E-state index contributed by atoms with van der Waals surface area (Å²) in [4.78, 5) is 44.4. The molecule has 2 N–H and O–H groups in total. The van der Waals surface area contributed by atoms with Crippen molar-refractivity contribution in [3.05, 3.63) is 59.3 Å². The smallest absolute Gasteiger partial charge is 0.379 e. The minimum atomic E-state index is -4.85. The number of aromatic nitrogens is 2. The molecule has 3 amide bonds. The van der Waals surface area contributed by atoms with Gasteiger partial charge in [0.15, 0.2) is 5.60 Å². The molecule has 40 heavy (non-hydrogen) atoms. The Morgan fingerprint density at radius 3 is 2.50 bits per heavy atom. The number of β-amino-alcohol motifs (C(OH)–C–C–N with tert-alkyl or cyclic N) is 1. The number of anilines is 1. The van der Waals surface area contributed by atoms with Crippen molar-refractivity contribution in [3.63, 3.8) is 0 Å². The number of alkyl halides is 3. The van der Waals surface area contributed by atoms with Crippen LogP contribution < -0.4 is 4.90 Å². The Labute approximate surface area is 227 Å². The minimum absolute atomic E-state index is 0.147. The largest absolute Gasteiger partial charge is 0.419 e. The second-order valence-corrected chi connectivity index (χ2v) is 11.0. The van der Waals surface area contributed by atoms with E-state index in [9.17, 15) is 32.7 Å². The summed E-state index contributed by atoms with van der Waals surface area (Å²) in [7, 11) is 0. The van der Waals surface area contributed by atoms with Gasteiger partial charge in [-0.25, -0.2) is 0 Å². The fourth-order valence-electron chi connectivity index (χ4n) is 6.42. The molecule has 0 bridgehead atoms. The van der Waals surface area contributed by atoms with Crippen LogP contribution in [0.4, 0.5) is 18.9 Å². The molecule has 0 saturated carbocycles. The molecular formula is C28H28F3N5O4. The Morgan fingerprint density at radius 1 is 1.07 bits per heavy atom. The minimum Gasteiger partial charge on any atom is -0.379 e. The third-order valence-electron chi connectivity index (χ3n) is 8.69. The molecule has 1 spiro atoms. The van der Waals surface area contributed by atoms with Crippen LogP contribution in [-0.2, 0) is 15.0 Å². The predicted molar refractivity (Wildman–Crippen MR) is 139 cm³/mol. The normalized spacial score (nSPS) is 22.4. The van der Waals surface area contributed by atoms with Crippen molar-refractivity contribution in [1.29, 1.82) is 0 Å². The van der Waals surface area contributed by atoms with E-state index in [1.54, 1.807) is 41.4 Å². The van der Waals surface area contributed by atoms with Crippen molar-refractivity contribution in [2.75, 3.05) is 37.6 Å². The molecule has 12 heteroatoms. The first-order valence-corrected chi connectivity index (χ1v) is 13.1. The van der Waals surface area contributed by atoms with E-state index in [0.29, 0.717) is 37.2 Å². The summed E-state index contributed by atoms with van der Waals surface area (Å²) >= 11 is 0. The van der Waals surface area contributed by atoms with Crippen LogP contribution in [0.15, 0.2) is 42.6 Å². The first-order chi connectivity index (χ1) is 18.9. The first kappa shape index (κ1) is 26.3. The summed E-state index contributed by atoms with van der Waals surface area (Å²) in [5.41, 5.74) is -0.306. The zero-order valence-corrected chi connectivity index (χ0v) is 21.8. The lowest BCUT2D eigenvalue weighted by Crippen LogP contribution is -2.52. The van der Waals surface area contributed by atoms with Crippen LogP contribution in [0.3, 0.4) is 0 Å². The molecule has 1 atom stereocenters. The Hall–Kier alpha value is -3.93. The number of aromatic amines is 1. The van der Waals surface area contributed by atoms with Gasteiger partial charge in [0.05, 0.1) is 23.7 Å². The number of aliphatic hydroxyl groups is 1. The summed E-state index contributed by atoms with van der Waals surface area (Å²) in [5.74, 6) is -1.09. The fourth-order valence-corrected chi connectivity index (χ4v) is 6.42. The first-order valence-electron chi connectivity index (χ1n) is 13.1. The number of fused-ring (bicyclic) bond motifs is 3. The van der Waals surface area contributed by atoms with Gasteiger partial charge in [-0.1, -0.05) is 12.1 Å². The SMILES string of the molecule is Cc1cccc2c1C1(CCN(C(=O)c3ccc4[nH]ncc4c3)CC1)C(=O)N2CC(=O)N1CCC(O)(C(F)(F)F)C1. The average molecular weight is 556 g/mol. The van der Waals surface area contributed by atoms with Gasteiger partial charge in [-0.2, -0.15) is 18.3 Å². The number of likely N-dealkylation sites (tertiary alicyclic amines) is 2. The maximum absolute atomic E-state index is 14.0. The topological polar surface area (TPSA) is 110 Å². The Kier molecular flexibility index (Phi) is 5.95. The number of aryl methyl sites for hydroxylation is 1. The van der Waals surface area contributed by atoms with Crippen LogP contribution >= 0.6 is 0 Å². The average Bonchev–Trinajstić information content (AvgIpc) is 3.62. The van der Waals surface area contributed by atoms with E-state index in [0.717, 1.165) is 26.9 Å². The maximum atomic E-state index is 14.0. The lowest BCUT2D eigenvalue weighted by Gasteiger charge is -2.39. The number of benzene rings is 2. The Morgan fingerprint density at radius 2 is 1.80 bits per heavy atom. The van der Waals surface area contributed by atoms with Gasteiger partial charge in [0, 0.05) is 42.7 Å². The number of rotatable bonds is 3. The molecule has 2 fully saturated rings. The highest BCUT2D eigenvalue weighted by atomic mass is 19.4. The van der Waals surface area contributed by atoms with Gasteiger partial charge in [-0.05, 0) is 55.2 Å². The highest BCUT2D eigenvalue weighted by Gasteiger charge is 2.58. The van der Waals surface area contributed by atoms with Gasteiger partial charge in [0.1, 0.15) is 6.54 Å². The van der Waals surface area contributed by atoms with Gasteiger partial charge >= 0.3 is 6.18 Å². The number of H-pyrrole nitrogens is 1. The number of carbonyl (C=O) groups is 3. The van der Waals surface area contributed by atoms with E-state index in [2.05, 4.69) is 10.2 Å². The number of nitrogens with zero attached hydrogens (tertiary/aromatic N) is 4. The summed E-state index contributed by atoms with van der Waals surface area (Å²) in [6.45, 7) is 1.02. The monoisotopic (exact) mass is 555 g/mol. The van der Waals surface area contributed by atoms with Crippen LogP contribution in [0.5, 0.6) is 0 Å². The van der Waals surface area contributed by atoms with E-state index >= 15 is 0 Å². The van der Waals surface area contributed by atoms with Crippen molar-refractivity contribution in [2.45, 2.75) is 43.4 Å². The number of hydrogen-bond donors (Lipinski definition) is 2. The van der Waals surface area contributed by atoms with Crippen LogP contribution in [0.1, 0.15) is 40.7 Å². The molecule has 9 nitrogen and oxygen atoms in total. The van der Waals surface area contributed by atoms with E-state index in [1.165, 1.54) is 4.90 Å². The summed E-state index contributed by atoms with van der Waals surface area (Å²) in [6, 6.07) is 10.7. The molecule has 2 aromatic carbocycles. The van der Waals surface area contributed by atoms with Gasteiger partial charge in [-0.15, -0.1) is 0 Å². The van der Waals surface area contributed by atoms with E-state index in [1.807, 2.05) is 13.0 Å². The summed E-state index contributed by atoms with van der Waals surface area (Å²) in [6.07, 6.45) is -3.10. The van der Waals surface area contributed by atoms with Crippen LogP contribution in [0, 0.1) is 6.92 Å². The Bertz CT molecular complexity index is 1530. The predicted octanol–water partition coefficient (Wildman–Crippen LogP) is 2.92. The maximum Gasteiger partial charge on any atom is 0.419 e.